The van der Waals surface area contributed by atoms with Crippen LogP contribution in [0.5, 0.6) is 0 Å². The fraction of sp³-hybridized carbons (Fsp3) is 0.571. The second kappa shape index (κ2) is 6.01. The lowest BCUT2D eigenvalue weighted by molar-refractivity contribution is 0.199. The van der Waals surface area contributed by atoms with Crippen molar-refractivity contribution in [1.82, 2.24) is 0 Å². The fourth-order valence-electron chi connectivity index (χ4n) is 2.04. The molecule has 0 fully saturated rings. The summed E-state index contributed by atoms with van der Waals surface area (Å²) in [4.78, 5) is 2.01. The van der Waals surface area contributed by atoms with Crippen LogP contribution in [0.15, 0.2) is 18.2 Å². The summed E-state index contributed by atoms with van der Waals surface area (Å²) in [7, 11) is 0. The molecule has 0 heterocycles. The zero-order valence-corrected chi connectivity index (χ0v) is 11.1. The molecular formula is C14H22FNO. The van der Waals surface area contributed by atoms with Crippen molar-refractivity contribution in [3.8, 4) is 0 Å². The Morgan fingerprint density at radius 3 is 2.41 bits per heavy atom. The molecule has 0 unspecified atom stereocenters. The lowest BCUT2D eigenvalue weighted by Crippen LogP contribution is -2.33. The van der Waals surface area contributed by atoms with Crippen molar-refractivity contribution in [3.05, 3.63) is 29.6 Å². The number of nitrogens with zero attached hydrogens (tertiary/aromatic N) is 1. The number of halogens is 1. The summed E-state index contributed by atoms with van der Waals surface area (Å²) >= 11 is 0. The van der Waals surface area contributed by atoms with Crippen LogP contribution in [0.4, 0.5) is 10.1 Å². The van der Waals surface area contributed by atoms with Crippen molar-refractivity contribution in [2.75, 3.05) is 11.4 Å². The molecule has 96 valence electrons. The molecule has 0 amide bonds. The normalized spacial score (nSPS) is 12.9. The van der Waals surface area contributed by atoms with Crippen molar-refractivity contribution in [3.63, 3.8) is 0 Å². The molecule has 0 aliphatic heterocycles. The minimum absolute atomic E-state index is 0.212. The van der Waals surface area contributed by atoms with E-state index in [4.69, 9.17) is 0 Å². The number of aliphatic hydroxyl groups is 1. The van der Waals surface area contributed by atoms with Crippen LogP contribution in [0.25, 0.3) is 0 Å². The van der Waals surface area contributed by atoms with Gasteiger partial charge < -0.3 is 10.0 Å². The van der Waals surface area contributed by atoms with E-state index in [9.17, 15) is 9.50 Å². The second-order valence-electron chi connectivity index (χ2n) is 4.64. The average molecular weight is 239 g/mol. The number of hydrogen-bond donors (Lipinski definition) is 1. The molecule has 3 heteroatoms. The number of benzene rings is 1. The Balaban J connectivity index is 3.25. The molecule has 1 atom stereocenters. The quantitative estimate of drug-likeness (QED) is 0.850. The van der Waals surface area contributed by atoms with Gasteiger partial charge in [0, 0.05) is 18.2 Å². The zero-order chi connectivity index (χ0) is 13.0. The molecule has 0 aromatic heterocycles. The van der Waals surface area contributed by atoms with Gasteiger partial charge in [-0.15, -0.1) is 0 Å². The van der Waals surface area contributed by atoms with Gasteiger partial charge in [0.1, 0.15) is 5.82 Å². The van der Waals surface area contributed by atoms with Gasteiger partial charge in [-0.3, -0.25) is 0 Å². The number of anilines is 1. The fourth-order valence-corrected chi connectivity index (χ4v) is 2.04. The van der Waals surface area contributed by atoms with Crippen LogP contribution in [0.3, 0.4) is 0 Å². The SMILES string of the molecule is CCCN(c1c(F)cccc1[C@@H](C)O)C(C)C. The van der Waals surface area contributed by atoms with Gasteiger partial charge in [-0.05, 0) is 33.3 Å². The van der Waals surface area contributed by atoms with E-state index in [1.165, 1.54) is 6.07 Å². The molecule has 0 aliphatic rings. The Kier molecular flexibility index (Phi) is 4.94. The van der Waals surface area contributed by atoms with Crippen molar-refractivity contribution < 1.29 is 9.50 Å². The molecule has 0 aliphatic carbocycles. The highest BCUT2D eigenvalue weighted by Gasteiger charge is 2.20. The Bertz CT molecular complexity index is 363. The number of hydrogen-bond acceptors (Lipinski definition) is 2. The molecule has 1 aromatic rings. The van der Waals surface area contributed by atoms with Crippen LogP contribution in [0.2, 0.25) is 0 Å². The maximum atomic E-state index is 14.0. The molecule has 0 saturated carbocycles. The highest BCUT2D eigenvalue weighted by atomic mass is 19.1. The lowest BCUT2D eigenvalue weighted by Gasteiger charge is -2.31. The minimum Gasteiger partial charge on any atom is -0.389 e. The van der Waals surface area contributed by atoms with Crippen LogP contribution in [0, 0.1) is 5.82 Å². The van der Waals surface area contributed by atoms with Crippen molar-refractivity contribution in [2.24, 2.45) is 0 Å². The third-order valence-electron chi connectivity index (χ3n) is 2.84. The standard InChI is InChI=1S/C14H22FNO/c1-5-9-16(10(2)3)14-12(11(4)17)7-6-8-13(14)15/h6-8,10-11,17H,5,9H2,1-4H3/t11-/m1/s1. The molecular weight excluding hydrogens is 217 g/mol. The van der Waals surface area contributed by atoms with Crippen molar-refractivity contribution in [1.29, 1.82) is 0 Å². The molecule has 0 saturated heterocycles. The first kappa shape index (κ1) is 14.0. The van der Waals surface area contributed by atoms with E-state index in [0.29, 0.717) is 11.3 Å². The van der Waals surface area contributed by atoms with E-state index >= 15 is 0 Å². The summed E-state index contributed by atoms with van der Waals surface area (Å²) in [6.07, 6.45) is 0.296. The van der Waals surface area contributed by atoms with Crippen LogP contribution in [-0.4, -0.2) is 17.7 Å². The summed E-state index contributed by atoms with van der Waals surface area (Å²) in [5.41, 5.74) is 1.20. The summed E-state index contributed by atoms with van der Waals surface area (Å²) < 4.78 is 14.0. The van der Waals surface area contributed by atoms with Gasteiger partial charge in [0.05, 0.1) is 11.8 Å². The Labute approximate surface area is 103 Å². The minimum atomic E-state index is -0.654. The number of para-hydroxylation sites is 1. The first-order valence-electron chi connectivity index (χ1n) is 6.22. The summed E-state index contributed by atoms with van der Waals surface area (Å²) in [6.45, 7) is 8.60. The zero-order valence-electron chi connectivity index (χ0n) is 11.1. The van der Waals surface area contributed by atoms with Crippen LogP contribution < -0.4 is 4.90 Å². The van der Waals surface area contributed by atoms with Gasteiger partial charge in [0.25, 0.3) is 0 Å². The van der Waals surface area contributed by atoms with E-state index in [1.54, 1.807) is 19.1 Å². The smallest absolute Gasteiger partial charge is 0.146 e. The van der Waals surface area contributed by atoms with Crippen molar-refractivity contribution in [2.45, 2.75) is 46.3 Å². The van der Waals surface area contributed by atoms with Gasteiger partial charge in [0.15, 0.2) is 0 Å². The van der Waals surface area contributed by atoms with Crippen LogP contribution in [-0.2, 0) is 0 Å². The van der Waals surface area contributed by atoms with Crippen LogP contribution >= 0.6 is 0 Å². The molecule has 0 radical (unpaired) electrons. The molecule has 0 bridgehead atoms. The average Bonchev–Trinajstić information content (AvgIpc) is 2.25. The highest BCUT2D eigenvalue weighted by molar-refractivity contribution is 5.56. The maximum Gasteiger partial charge on any atom is 0.146 e. The van der Waals surface area contributed by atoms with E-state index in [0.717, 1.165) is 13.0 Å². The topological polar surface area (TPSA) is 23.5 Å². The van der Waals surface area contributed by atoms with Gasteiger partial charge in [-0.2, -0.15) is 0 Å². The molecule has 17 heavy (non-hydrogen) atoms. The van der Waals surface area contributed by atoms with E-state index in [-0.39, 0.29) is 11.9 Å². The van der Waals surface area contributed by atoms with E-state index < -0.39 is 6.10 Å². The van der Waals surface area contributed by atoms with E-state index in [1.807, 2.05) is 18.7 Å². The maximum absolute atomic E-state index is 14.0. The highest BCUT2D eigenvalue weighted by Crippen LogP contribution is 2.30. The predicted molar refractivity (Wildman–Crippen MR) is 69.8 cm³/mol. The third kappa shape index (κ3) is 3.19. The molecule has 1 rings (SSSR count). The number of rotatable bonds is 5. The van der Waals surface area contributed by atoms with Crippen LogP contribution in [0.1, 0.15) is 45.8 Å². The summed E-state index contributed by atoms with van der Waals surface area (Å²) in [6, 6.07) is 5.09. The Morgan fingerprint density at radius 2 is 1.94 bits per heavy atom. The molecule has 2 nitrogen and oxygen atoms in total. The largest absolute Gasteiger partial charge is 0.389 e. The van der Waals surface area contributed by atoms with Gasteiger partial charge in [-0.25, -0.2) is 4.39 Å². The van der Waals surface area contributed by atoms with Gasteiger partial charge >= 0.3 is 0 Å². The first-order chi connectivity index (χ1) is 7.99. The molecule has 1 aromatic carbocycles. The second-order valence-corrected chi connectivity index (χ2v) is 4.64. The summed E-state index contributed by atoms with van der Waals surface area (Å²) in [5, 5.41) is 9.73. The Hall–Kier alpha value is -1.09. The molecule has 1 N–H and O–H groups in total. The third-order valence-corrected chi connectivity index (χ3v) is 2.84. The van der Waals surface area contributed by atoms with E-state index in [2.05, 4.69) is 6.92 Å². The van der Waals surface area contributed by atoms with Crippen molar-refractivity contribution >= 4 is 5.69 Å². The lowest BCUT2D eigenvalue weighted by atomic mass is 10.1. The monoisotopic (exact) mass is 239 g/mol. The Morgan fingerprint density at radius 1 is 1.29 bits per heavy atom. The number of aliphatic hydroxyl groups excluding tert-OH is 1. The predicted octanol–water partition coefficient (Wildman–Crippen LogP) is 3.50. The summed E-state index contributed by atoms with van der Waals surface area (Å²) in [5.74, 6) is -0.259. The van der Waals surface area contributed by atoms with Gasteiger partial charge in [0.2, 0.25) is 0 Å². The first-order valence-corrected chi connectivity index (χ1v) is 6.22. The van der Waals surface area contributed by atoms with Gasteiger partial charge in [-0.1, -0.05) is 19.1 Å². The molecule has 0 spiro atoms.